The second-order valence-electron chi connectivity index (χ2n) is 5.44. The molecule has 0 aromatic heterocycles. The normalized spacial score (nSPS) is 17.1. The van der Waals surface area contributed by atoms with Crippen molar-refractivity contribution in [3.8, 4) is 0 Å². The summed E-state index contributed by atoms with van der Waals surface area (Å²) in [5, 5.41) is 3.62. The lowest BCUT2D eigenvalue weighted by atomic mass is 10.0. The smallest absolute Gasteiger partial charge is 0.0205 e. The molecule has 1 aromatic rings. The van der Waals surface area contributed by atoms with Gasteiger partial charge in [0.05, 0.1) is 0 Å². The van der Waals surface area contributed by atoms with Crippen LogP contribution < -0.4 is 5.32 Å². The Kier molecular flexibility index (Phi) is 4.26. The zero-order chi connectivity index (χ0) is 12.3. The minimum Gasteiger partial charge on any atom is -0.312 e. The van der Waals surface area contributed by atoms with Crippen LogP contribution in [0, 0.1) is 12.3 Å². The van der Waals surface area contributed by atoms with Crippen LogP contribution in [0.1, 0.15) is 43.7 Å². The third kappa shape index (κ3) is 3.56. The second kappa shape index (κ2) is 5.53. The first kappa shape index (κ1) is 13.1. The average Bonchev–Trinajstić information content (AvgIpc) is 3.04. The molecule has 0 aliphatic heterocycles. The molecule has 2 rings (SSSR count). The van der Waals surface area contributed by atoms with Crippen molar-refractivity contribution in [2.45, 2.75) is 46.1 Å². The Bertz CT molecular complexity index is 383. The molecular weight excluding hydrogens is 274 g/mol. The largest absolute Gasteiger partial charge is 0.312 e. The minimum absolute atomic E-state index is 0.652. The number of benzene rings is 1. The van der Waals surface area contributed by atoms with Gasteiger partial charge in [0.25, 0.3) is 0 Å². The van der Waals surface area contributed by atoms with Crippen LogP contribution in [-0.4, -0.2) is 6.54 Å². The van der Waals surface area contributed by atoms with Gasteiger partial charge in [0, 0.05) is 17.6 Å². The first-order valence-corrected chi connectivity index (χ1v) is 7.40. The molecule has 1 N–H and O–H groups in total. The summed E-state index contributed by atoms with van der Waals surface area (Å²) in [6.07, 6.45) is 5.55. The van der Waals surface area contributed by atoms with Crippen LogP contribution in [0.4, 0.5) is 0 Å². The summed E-state index contributed by atoms with van der Waals surface area (Å²) >= 11 is 3.54. The highest BCUT2D eigenvalue weighted by Gasteiger charge is 2.40. The highest BCUT2D eigenvalue weighted by atomic mass is 79.9. The predicted octanol–water partition coefficient (Wildman–Crippen LogP) is 4.43. The summed E-state index contributed by atoms with van der Waals surface area (Å²) in [4.78, 5) is 0. The monoisotopic (exact) mass is 295 g/mol. The van der Waals surface area contributed by atoms with Gasteiger partial charge in [-0.25, -0.2) is 0 Å². The van der Waals surface area contributed by atoms with Crippen molar-refractivity contribution in [2.75, 3.05) is 6.54 Å². The van der Waals surface area contributed by atoms with E-state index in [0.29, 0.717) is 5.41 Å². The third-order valence-electron chi connectivity index (χ3n) is 3.79. The van der Waals surface area contributed by atoms with Crippen LogP contribution in [-0.2, 0) is 6.54 Å². The molecule has 0 saturated heterocycles. The maximum Gasteiger partial charge on any atom is 0.0205 e. The van der Waals surface area contributed by atoms with Gasteiger partial charge in [-0.2, -0.15) is 0 Å². The van der Waals surface area contributed by atoms with Crippen molar-refractivity contribution in [1.29, 1.82) is 0 Å². The predicted molar refractivity (Wildman–Crippen MR) is 77.2 cm³/mol. The van der Waals surface area contributed by atoms with Crippen LogP contribution in [0.5, 0.6) is 0 Å². The van der Waals surface area contributed by atoms with Gasteiger partial charge < -0.3 is 5.32 Å². The van der Waals surface area contributed by atoms with Crippen molar-refractivity contribution in [1.82, 2.24) is 5.32 Å². The molecule has 1 nitrogen and oxygen atoms in total. The Hall–Kier alpha value is -0.340. The molecule has 0 unspecified atom stereocenters. The average molecular weight is 296 g/mol. The van der Waals surface area contributed by atoms with E-state index in [4.69, 9.17) is 0 Å². The topological polar surface area (TPSA) is 12.0 Å². The molecule has 0 bridgehead atoms. The summed E-state index contributed by atoms with van der Waals surface area (Å²) in [6, 6.07) is 6.60. The Morgan fingerprint density at radius 3 is 2.71 bits per heavy atom. The van der Waals surface area contributed by atoms with Gasteiger partial charge in [-0.1, -0.05) is 41.4 Å². The summed E-state index contributed by atoms with van der Waals surface area (Å²) in [5.41, 5.74) is 3.36. The molecule has 1 aliphatic rings. The minimum atomic E-state index is 0.652. The molecule has 0 atom stereocenters. The van der Waals surface area contributed by atoms with E-state index in [2.05, 4.69) is 53.3 Å². The highest BCUT2D eigenvalue weighted by molar-refractivity contribution is 9.10. The van der Waals surface area contributed by atoms with E-state index in [9.17, 15) is 0 Å². The van der Waals surface area contributed by atoms with Crippen molar-refractivity contribution >= 4 is 15.9 Å². The Labute approximate surface area is 113 Å². The fourth-order valence-corrected chi connectivity index (χ4v) is 2.76. The first-order valence-electron chi connectivity index (χ1n) is 6.61. The molecule has 0 spiro atoms. The molecule has 0 amide bonds. The van der Waals surface area contributed by atoms with E-state index in [1.54, 1.807) is 0 Å². The number of nitrogens with one attached hydrogen (secondary N) is 1. The second-order valence-corrected chi connectivity index (χ2v) is 6.29. The zero-order valence-electron chi connectivity index (χ0n) is 10.9. The fourth-order valence-electron chi connectivity index (χ4n) is 2.51. The maximum atomic E-state index is 3.62. The Morgan fingerprint density at radius 2 is 2.12 bits per heavy atom. The maximum absolute atomic E-state index is 3.62. The van der Waals surface area contributed by atoms with Gasteiger partial charge in [0.2, 0.25) is 0 Å². The molecule has 0 radical (unpaired) electrons. The molecule has 2 heteroatoms. The first-order chi connectivity index (χ1) is 8.15. The Morgan fingerprint density at radius 1 is 1.35 bits per heavy atom. The molecule has 17 heavy (non-hydrogen) atoms. The molecule has 1 fully saturated rings. The van der Waals surface area contributed by atoms with Crippen molar-refractivity contribution in [3.05, 3.63) is 33.8 Å². The van der Waals surface area contributed by atoms with E-state index >= 15 is 0 Å². The van der Waals surface area contributed by atoms with Gasteiger partial charge in [-0.05, 0) is 48.8 Å². The number of hydrogen-bond donors (Lipinski definition) is 1. The number of rotatable bonds is 6. The number of halogens is 1. The summed E-state index contributed by atoms with van der Waals surface area (Å²) in [5.74, 6) is 0. The van der Waals surface area contributed by atoms with E-state index in [1.807, 2.05) is 0 Å². The molecular formula is C15H22BrN. The lowest BCUT2D eigenvalue weighted by Gasteiger charge is -2.15. The third-order valence-corrected chi connectivity index (χ3v) is 4.68. The standard InChI is InChI=1S/C15H22BrN/c1-3-6-15(7-8-15)11-17-10-13-4-5-14(16)12(2)9-13/h4-5,9,17H,3,6-8,10-11H2,1-2H3. The van der Waals surface area contributed by atoms with Crippen LogP contribution >= 0.6 is 15.9 Å². The summed E-state index contributed by atoms with van der Waals surface area (Å²) in [7, 11) is 0. The van der Waals surface area contributed by atoms with E-state index in [-0.39, 0.29) is 0 Å². The fraction of sp³-hybridized carbons (Fsp3) is 0.600. The van der Waals surface area contributed by atoms with Crippen LogP contribution in [0.3, 0.4) is 0 Å². The van der Waals surface area contributed by atoms with Crippen LogP contribution in [0.25, 0.3) is 0 Å². The van der Waals surface area contributed by atoms with Crippen molar-refractivity contribution in [2.24, 2.45) is 5.41 Å². The van der Waals surface area contributed by atoms with Gasteiger partial charge in [0.15, 0.2) is 0 Å². The van der Waals surface area contributed by atoms with E-state index in [0.717, 1.165) is 6.54 Å². The molecule has 1 aliphatic carbocycles. The molecule has 1 saturated carbocycles. The Balaban J connectivity index is 1.80. The summed E-state index contributed by atoms with van der Waals surface area (Å²) in [6.45, 7) is 6.63. The SMILES string of the molecule is CCCC1(CNCc2ccc(Br)c(C)c2)CC1. The van der Waals surface area contributed by atoms with Gasteiger partial charge in [0.1, 0.15) is 0 Å². The van der Waals surface area contributed by atoms with E-state index in [1.165, 1.54) is 47.8 Å². The number of aryl methyl sites for hydroxylation is 1. The lowest BCUT2D eigenvalue weighted by Crippen LogP contribution is -2.23. The lowest BCUT2D eigenvalue weighted by molar-refractivity contribution is 0.421. The van der Waals surface area contributed by atoms with Gasteiger partial charge >= 0.3 is 0 Å². The van der Waals surface area contributed by atoms with Gasteiger partial charge in [-0.15, -0.1) is 0 Å². The van der Waals surface area contributed by atoms with Crippen LogP contribution in [0.15, 0.2) is 22.7 Å². The number of hydrogen-bond acceptors (Lipinski definition) is 1. The quantitative estimate of drug-likeness (QED) is 0.819. The van der Waals surface area contributed by atoms with E-state index < -0.39 is 0 Å². The molecule has 0 heterocycles. The molecule has 94 valence electrons. The van der Waals surface area contributed by atoms with Crippen LogP contribution in [0.2, 0.25) is 0 Å². The summed E-state index contributed by atoms with van der Waals surface area (Å²) < 4.78 is 1.20. The van der Waals surface area contributed by atoms with Crippen molar-refractivity contribution < 1.29 is 0 Å². The van der Waals surface area contributed by atoms with Crippen molar-refractivity contribution in [3.63, 3.8) is 0 Å². The highest BCUT2D eigenvalue weighted by Crippen LogP contribution is 2.48. The zero-order valence-corrected chi connectivity index (χ0v) is 12.4. The van der Waals surface area contributed by atoms with Gasteiger partial charge in [-0.3, -0.25) is 0 Å². The molecule has 1 aromatic carbocycles.